The number of hydrogen-bond acceptors (Lipinski definition) is 3. The van der Waals surface area contributed by atoms with E-state index in [0.29, 0.717) is 33.2 Å². The summed E-state index contributed by atoms with van der Waals surface area (Å²) in [6.07, 6.45) is 0. The molecule has 1 heterocycles. The largest absolute Gasteiger partial charge is 0.452 e. The summed E-state index contributed by atoms with van der Waals surface area (Å²) in [5.74, 6) is -0.0893. The molecule has 0 radical (unpaired) electrons. The summed E-state index contributed by atoms with van der Waals surface area (Å²) in [5, 5.41) is 4.22. The average molecular weight is 404 g/mol. The van der Waals surface area contributed by atoms with Gasteiger partial charge in [0.15, 0.2) is 5.76 Å². The number of nitrogens with one attached hydrogen (secondary N) is 1. The van der Waals surface area contributed by atoms with Crippen LogP contribution in [0.2, 0.25) is 5.02 Å². The molecule has 4 aromatic rings. The topological polar surface area (TPSA) is 59.3 Å². The molecule has 0 unspecified atom stereocenters. The van der Waals surface area contributed by atoms with Crippen molar-refractivity contribution in [3.63, 3.8) is 0 Å². The Labute approximate surface area is 173 Å². The summed E-state index contributed by atoms with van der Waals surface area (Å²) in [5.41, 5.74) is 4.14. The van der Waals surface area contributed by atoms with E-state index in [2.05, 4.69) is 5.32 Å². The third-order valence-corrected chi connectivity index (χ3v) is 5.07. The van der Waals surface area contributed by atoms with Crippen molar-refractivity contribution < 1.29 is 14.0 Å². The van der Waals surface area contributed by atoms with Crippen LogP contribution in [-0.2, 0) is 0 Å². The van der Waals surface area contributed by atoms with Gasteiger partial charge in [-0.25, -0.2) is 0 Å². The van der Waals surface area contributed by atoms with Crippen LogP contribution in [0.15, 0.2) is 71.1 Å². The van der Waals surface area contributed by atoms with Crippen LogP contribution < -0.4 is 5.32 Å². The van der Waals surface area contributed by atoms with Crippen LogP contribution in [0, 0.1) is 13.8 Å². The first-order valence-electron chi connectivity index (χ1n) is 9.14. The predicted octanol–water partition coefficient (Wildman–Crippen LogP) is 6.19. The van der Waals surface area contributed by atoms with Gasteiger partial charge in [-0.05, 0) is 56.3 Å². The normalized spacial score (nSPS) is 10.9. The van der Waals surface area contributed by atoms with Crippen LogP contribution in [0.3, 0.4) is 0 Å². The number of amides is 1. The summed E-state index contributed by atoms with van der Waals surface area (Å²) < 4.78 is 5.83. The maximum absolute atomic E-state index is 12.8. The highest BCUT2D eigenvalue weighted by Gasteiger charge is 2.19. The molecule has 3 aromatic carbocycles. The maximum atomic E-state index is 12.8. The summed E-state index contributed by atoms with van der Waals surface area (Å²) in [6.45, 7) is 3.82. The summed E-state index contributed by atoms with van der Waals surface area (Å²) in [7, 11) is 0. The Morgan fingerprint density at radius 1 is 0.862 bits per heavy atom. The first-order chi connectivity index (χ1) is 13.9. The van der Waals surface area contributed by atoms with Crippen LogP contribution in [0.25, 0.3) is 11.0 Å². The monoisotopic (exact) mass is 403 g/mol. The maximum Gasteiger partial charge on any atom is 0.255 e. The van der Waals surface area contributed by atoms with Crippen LogP contribution in [0.5, 0.6) is 0 Å². The van der Waals surface area contributed by atoms with E-state index >= 15 is 0 Å². The molecular weight excluding hydrogens is 386 g/mol. The van der Waals surface area contributed by atoms with E-state index in [1.165, 1.54) is 0 Å². The Morgan fingerprint density at radius 2 is 1.52 bits per heavy atom. The molecule has 1 amide bonds. The molecule has 4 nitrogen and oxygen atoms in total. The van der Waals surface area contributed by atoms with Gasteiger partial charge in [0, 0.05) is 32.8 Å². The molecule has 0 aliphatic carbocycles. The Bertz CT molecular complexity index is 1220. The summed E-state index contributed by atoms with van der Waals surface area (Å²) in [4.78, 5) is 25.3. The quantitative estimate of drug-likeness (QED) is 0.413. The molecule has 4 rings (SSSR count). The van der Waals surface area contributed by atoms with Crippen LogP contribution in [-0.4, -0.2) is 11.7 Å². The Hall–Kier alpha value is -3.37. The molecule has 0 aliphatic rings. The van der Waals surface area contributed by atoms with E-state index in [4.69, 9.17) is 16.0 Å². The van der Waals surface area contributed by atoms with Crippen molar-refractivity contribution in [2.45, 2.75) is 13.8 Å². The average Bonchev–Trinajstić information content (AvgIpc) is 3.05. The minimum atomic E-state index is -0.238. The van der Waals surface area contributed by atoms with Crippen LogP contribution >= 0.6 is 11.6 Å². The number of halogens is 1. The van der Waals surface area contributed by atoms with Gasteiger partial charge in [-0.2, -0.15) is 0 Å². The van der Waals surface area contributed by atoms with Gasteiger partial charge in [-0.1, -0.05) is 41.4 Å². The second-order valence-corrected chi connectivity index (χ2v) is 7.36. The van der Waals surface area contributed by atoms with E-state index < -0.39 is 0 Å². The molecule has 0 saturated carbocycles. The van der Waals surface area contributed by atoms with E-state index in [1.807, 2.05) is 32.0 Å². The highest BCUT2D eigenvalue weighted by molar-refractivity contribution is 6.30. The minimum absolute atomic E-state index is 0.162. The molecule has 0 aliphatic heterocycles. The third-order valence-electron chi connectivity index (χ3n) is 4.82. The lowest BCUT2D eigenvalue weighted by atomic mass is 10.0. The van der Waals surface area contributed by atoms with Gasteiger partial charge in [0.1, 0.15) is 5.58 Å². The van der Waals surface area contributed by atoms with Gasteiger partial charge >= 0.3 is 0 Å². The number of anilines is 1. The smallest absolute Gasteiger partial charge is 0.255 e. The SMILES string of the molecule is Cc1ccc(C(=O)c2oc3ccc(NC(=O)c4ccc(Cl)cc4)cc3c2C)cc1. The number of hydrogen-bond donors (Lipinski definition) is 1. The fraction of sp³-hybridized carbons (Fsp3) is 0.0833. The molecular formula is C24H18ClNO3. The fourth-order valence-electron chi connectivity index (χ4n) is 3.16. The van der Waals surface area contributed by atoms with Crippen molar-refractivity contribution in [2.75, 3.05) is 5.32 Å². The lowest BCUT2D eigenvalue weighted by Gasteiger charge is -2.05. The molecule has 0 atom stereocenters. The molecule has 29 heavy (non-hydrogen) atoms. The molecule has 0 bridgehead atoms. The van der Waals surface area contributed by atoms with Crippen molar-refractivity contribution in [3.05, 3.63) is 99.8 Å². The molecule has 1 N–H and O–H groups in total. The van der Waals surface area contributed by atoms with Crippen molar-refractivity contribution >= 4 is 39.9 Å². The standard InChI is InChI=1S/C24H18ClNO3/c1-14-3-5-16(6-4-14)22(27)23-15(2)20-13-19(11-12-21(20)29-23)26-24(28)17-7-9-18(25)10-8-17/h3-13H,1-2H3,(H,26,28). The van der Waals surface area contributed by atoms with Gasteiger partial charge in [0.2, 0.25) is 5.78 Å². The van der Waals surface area contributed by atoms with Gasteiger partial charge in [-0.3, -0.25) is 9.59 Å². The fourth-order valence-corrected chi connectivity index (χ4v) is 3.28. The summed E-state index contributed by atoms with van der Waals surface area (Å²) in [6, 6.07) is 19.4. The number of furan rings is 1. The van der Waals surface area contributed by atoms with Crippen LogP contribution in [0.1, 0.15) is 37.6 Å². The van der Waals surface area contributed by atoms with E-state index in [0.717, 1.165) is 16.5 Å². The Kier molecular flexibility index (Phi) is 4.95. The summed E-state index contributed by atoms with van der Waals surface area (Å²) >= 11 is 5.87. The van der Waals surface area contributed by atoms with Crippen molar-refractivity contribution in [2.24, 2.45) is 0 Å². The number of rotatable bonds is 4. The highest BCUT2D eigenvalue weighted by Crippen LogP contribution is 2.29. The zero-order valence-corrected chi connectivity index (χ0v) is 16.7. The molecule has 0 fully saturated rings. The van der Waals surface area contributed by atoms with Crippen molar-refractivity contribution in [1.82, 2.24) is 0 Å². The minimum Gasteiger partial charge on any atom is -0.452 e. The molecule has 5 heteroatoms. The molecule has 144 valence electrons. The molecule has 0 saturated heterocycles. The van der Waals surface area contributed by atoms with Gasteiger partial charge in [-0.15, -0.1) is 0 Å². The van der Waals surface area contributed by atoms with E-state index in [9.17, 15) is 9.59 Å². The third kappa shape index (κ3) is 3.80. The first kappa shape index (κ1) is 19.0. The second-order valence-electron chi connectivity index (χ2n) is 6.92. The van der Waals surface area contributed by atoms with Gasteiger partial charge < -0.3 is 9.73 Å². The lowest BCUT2D eigenvalue weighted by Crippen LogP contribution is -2.11. The number of aryl methyl sites for hydroxylation is 2. The molecule has 1 aromatic heterocycles. The number of carbonyl (C=O) groups excluding carboxylic acids is 2. The number of fused-ring (bicyclic) bond motifs is 1. The van der Waals surface area contributed by atoms with E-state index in [1.54, 1.807) is 48.5 Å². The number of ketones is 1. The van der Waals surface area contributed by atoms with Crippen LogP contribution in [0.4, 0.5) is 5.69 Å². The lowest BCUT2D eigenvalue weighted by molar-refractivity contribution is 0.101. The zero-order chi connectivity index (χ0) is 20.5. The number of carbonyl (C=O) groups is 2. The van der Waals surface area contributed by atoms with Gasteiger partial charge in [0.25, 0.3) is 5.91 Å². The Balaban J connectivity index is 1.63. The Morgan fingerprint density at radius 3 is 2.21 bits per heavy atom. The second kappa shape index (κ2) is 7.57. The molecule has 0 spiro atoms. The number of benzene rings is 3. The first-order valence-corrected chi connectivity index (χ1v) is 9.51. The van der Waals surface area contributed by atoms with E-state index in [-0.39, 0.29) is 11.7 Å². The zero-order valence-electron chi connectivity index (χ0n) is 16.0. The predicted molar refractivity (Wildman–Crippen MR) is 115 cm³/mol. The highest BCUT2D eigenvalue weighted by atomic mass is 35.5. The van der Waals surface area contributed by atoms with Crippen molar-refractivity contribution in [3.8, 4) is 0 Å². The van der Waals surface area contributed by atoms with Crippen molar-refractivity contribution in [1.29, 1.82) is 0 Å². The van der Waals surface area contributed by atoms with Gasteiger partial charge in [0.05, 0.1) is 0 Å².